The Labute approximate surface area is 181 Å². The number of aromatic nitrogens is 3. The van der Waals surface area contributed by atoms with Crippen LogP contribution in [0.5, 0.6) is 0 Å². The molecule has 1 unspecified atom stereocenters. The number of nitrogens with one attached hydrogen (secondary N) is 1. The van der Waals surface area contributed by atoms with E-state index >= 15 is 0 Å². The molecule has 5 fully saturated rings. The third-order valence-electron chi connectivity index (χ3n) is 7.66. The van der Waals surface area contributed by atoms with Gasteiger partial charge in [0.25, 0.3) is 0 Å². The van der Waals surface area contributed by atoms with Gasteiger partial charge in [-0.25, -0.2) is 0 Å². The molecular formula is C23H30N4O2S. The molecule has 0 saturated heterocycles. The van der Waals surface area contributed by atoms with Gasteiger partial charge < -0.3 is 9.73 Å². The summed E-state index contributed by atoms with van der Waals surface area (Å²) in [7, 11) is 0. The molecule has 2 aromatic rings. The Kier molecular flexibility index (Phi) is 4.52. The van der Waals surface area contributed by atoms with Crippen molar-refractivity contribution in [3.05, 3.63) is 30.0 Å². The predicted octanol–water partition coefficient (Wildman–Crippen LogP) is 4.36. The van der Waals surface area contributed by atoms with Crippen molar-refractivity contribution in [2.45, 2.75) is 86.7 Å². The highest BCUT2D eigenvalue weighted by atomic mass is 32.2. The molecule has 7 rings (SSSR count). The number of furan rings is 1. The van der Waals surface area contributed by atoms with Gasteiger partial charge in [0, 0.05) is 11.5 Å². The number of rotatable bonds is 7. The van der Waals surface area contributed by atoms with Crippen molar-refractivity contribution in [2.24, 2.45) is 17.8 Å². The summed E-state index contributed by atoms with van der Waals surface area (Å²) in [5, 5.41) is 13.1. The lowest BCUT2D eigenvalue weighted by Gasteiger charge is -2.57. The van der Waals surface area contributed by atoms with Gasteiger partial charge in [0.05, 0.1) is 18.1 Å². The van der Waals surface area contributed by atoms with E-state index in [2.05, 4.69) is 20.1 Å². The van der Waals surface area contributed by atoms with Gasteiger partial charge in [-0.15, -0.1) is 10.2 Å². The van der Waals surface area contributed by atoms with E-state index in [4.69, 9.17) is 4.42 Å². The Balaban J connectivity index is 1.17. The van der Waals surface area contributed by atoms with Gasteiger partial charge in [-0.3, -0.25) is 9.36 Å². The van der Waals surface area contributed by atoms with Crippen LogP contribution in [-0.2, 0) is 11.3 Å². The molecule has 4 bridgehead atoms. The van der Waals surface area contributed by atoms with Gasteiger partial charge >= 0.3 is 0 Å². The van der Waals surface area contributed by atoms with E-state index in [1.54, 1.807) is 6.26 Å². The minimum atomic E-state index is -0.190. The summed E-state index contributed by atoms with van der Waals surface area (Å²) in [5.41, 5.74) is 0.0572. The largest absolute Gasteiger partial charge is 0.467 e. The van der Waals surface area contributed by atoms with Crippen LogP contribution in [0.4, 0.5) is 0 Å². The molecule has 5 aliphatic carbocycles. The molecule has 1 amide bonds. The first-order valence-electron chi connectivity index (χ1n) is 11.5. The van der Waals surface area contributed by atoms with Crippen molar-refractivity contribution in [3.8, 4) is 0 Å². The second kappa shape index (κ2) is 7.14. The van der Waals surface area contributed by atoms with Gasteiger partial charge in [0.2, 0.25) is 5.91 Å². The molecule has 6 nitrogen and oxygen atoms in total. The van der Waals surface area contributed by atoms with Gasteiger partial charge in [-0.2, -0.15) is 0 Å². The molecule has 160 valence electrons. The first kappa shape index (κ1) is 19.0. The van der Waals surface area contributed by atoms with Crippen LogP contribution in [0.2, 0.25) is 0 Å². The Hall–Kier alpha value is -1.76. The lowest BCUT2D eigenvalue weighted by Crippen LogP contribution is -2.60. The molecule has 5 saturated carbocycles. The first-order valence-corrected chi connectivity index (χ1v) is 12.4. The summed E-state index contributed by atoms with van der Waals surface area (Å²) in [6.07, 6.45) is 11.8. The van der Waals surface area contributed by atoms with Crippen LogP contribution in [0.1, 0.15) is 75.8 Å². The summed E-state index contributed by atoms with van der Waals surface area (Å²) in [6, 6.07) is 3.89. The quantitative estimate of drug-likeness (QED) is 0.666. The van der Waals surface area contributed by atoms with Gasteiger partial charge in [-0.05, 0) is 88.2 Å². The van der Waals surface area contributed by atoms with E-state index in [-0.39, 0.29) is 16.7 Å². The summed E-state index contributed by atoms with van der Waals surface area (Å²) < 4.78 is 7.71. The van der Waals surface area contributed by atoms with Gasteiger partial charge in [0.1, 0.15) is 11.6 Å². The van der Waals surface area contributed by atoms with Gasteiger partial charge in [-0.1, -0.05) is 11.8 Å². The third-order valence-corrected chi connectivity index (χ3v) is 8.74. The smallest absolute Gasteiger partial charge is 0.233 e. The highest BCUT2D eigenvalue weighted by Crippen LogP contribution is 2.55. The van der Waals surface area contributed by atoms with Gasteiger partial charge in [0.15, 0.2) is 5.16 Å². The maximum atomic E-state index is 13.2. The minimum Gasteiger partial charge on any atom is -0.467 e. The van der Waals surface area contributed by atoms with Crippen LogP contribution in [0.25, 0.3) is 0 Å². The summed E-state index contributed by atoms with van der Waals surface area (Å²) in [4.78, 5) is 13.2. The fourth-order valence-corrected chi connectivity index (χ4v) is 7.43. The number of hydrogen-bond acceptors (Lipinski definition) is 5. The second-order valence-electron chi connectivity index (χ2n) is 10.2. The van der Waals surface area contributed by atoms with Crippen molar-refractivity contribution >= 4 is 17.7 Å². The zero-order valence-corrected chi connectivity index (χ0v) is 18.4. The average molecular weight is 427 g/mol. The maximum Gasteiger partial charge on any atom is 0.233 e. The molecule has 2 aromatic heterocycles. The highest BCUT2D eigenvalue weighted by Gasteiger charge is 2.51. The minimum absolute atomic E-state index is 0.0572. The zero-order chi connectivity index (χ0) is 20.3. The fourth-order valence-electron chi connectivity index (χ4n) is 6.58. The third kappa shape index (κ3) is 3.49. The molecule has 2 heterocycles. The van der Waals surface area contributed by atoms with E-state index in [0.717, 1.165) is 34.5 Å². The Morgan fingerprint density at radius 1 is 1.23 bits per heavy atom. The monoisotopic (exact) mass is 426 g/mol. The van der Waals surface area contributed by atoms with Crippen LogP contribution in [0.15, 0.2) is 28.0 Å². The standard InChI is InChI=1S/C23H30N4O2S/c1-14(21(28)24-23-10-15-7-16(11-23)9-17(8-15)12-23)30-22-26-25-20(18-4-5-18)27(22)13-19-3-2-6-29-19/h2-3,6,14-18H,4-5,7-13H2,1H3,(H,24,28). The Morgan fingerprint density at radius 3 is 2.53 bits per heavy atom. The zero-order valence-electron chi connectivity index (χ0n) is 17.5. The number of hydrogen-bond donors (Lipinski definition) is 1. The average Bonchev–Trinajstić information content (AvgIpc) is 3.26. The molecule has 7 heteroatoms. The van der Waals surface area contributed by atoms with Crippen LogP contribution in [-0.4, -0.2) is 31.5 Å². The van der Waals surface area contributed by atoms with Crippen LogP contribution < -0.4 is 5.32 Å². The molecule has 0 aromatic carbocycles. The van der Waals surface area contributed by atoms with E-state index in [9.17, 15) is 4.79 Å². The number of amides is 1. The van der Waals surface area contributed by atoms with Crippen LogP contribution in [0, 0.1) is 17.8 Å². The van der Waals surface area contributed by atoms with Crippen molar-refractivity contribution in [1.29, 1.82) is 0 Å². The van der Waals surface area contributed by atoms with E-state index in [1.807, 2.05) is 19.1 Å². The summed E-state index contributed by atoms with van der Waals surface area (Å²) in [5.74, 6) is 5.07. The van der Waals surface area contributed by atoms with E-state index in [1.165, 1.54) is 63.1 Å². The first-order chi connectivity index (χ1) is 14.6. The molecule has 1 N–H and O–H groups in total. The lowest BCUT2D eigenvalue weighted by atomic mass is 9.53. The molecule has 30 heavy (non-hydrogen) atoms. The van der Waals surface area contributed by atoms with Crippen molar-refractivity contribution in [2.75, 3.05) is 0 Å². The predicted molar refractivity (Wildman–Crippen MR) is 114 cm³/mol. The number of carbonyl (C=O) groups is 1. The summed E-state index contributed by atoms with van der Waals surface area (Å²) >= 11 is 1.53. The van der Waals surface area contributed by atoms with E-state index in [0.29, 0.717) is 12.5 Å². The highest BCUT2D eigenvalue weighted by molar-refractivity contribution is 8.00. The van der Waals surface area contributed by atoms with Crippen molar-refractivity contribution in [3.63, 3.8) is 0 Å². The molecule has 5 aliphatic rings. The fraction of sp³-hybridized carbons (Fsp3) is 0.696. The van der Waals surface area contributed by atoms with Crippen LogP contribution >= 0.6 is 11.8 Å². The molecule has 1 atom stereocenters. The SMILES string of the molecule is CC(Sc1nnc(C2CC2)n1Cc1ccco1)C(=O)NC12CC3CC(CC(C3)C1)C2. The second-order valence-corrected chi connectivity index (χ2v) is 11.5. The molecular weight excluding hydrogens is 396 g/mol. The van der Waals surface area contributed by atoms with Crippen LogP contribution in [0.3, 0.4) is 0 Å². The van der Waals surface area contributed by atoms with Crippen molar-refractivity contribution < 1.29 is 9.21 Å². The maximum absolute atomic E-state index is 13.2. The lowest BCUT2D eigenvalue weighted by molar-refractivity contribution is -0.126. The normalized spacial score (nSPS) is 33.0. The Morgan fingerprint density at radius 2 is 1.93 bits per heavy atom. The Bertz CT molecular complexity index is 898. The topological polar surface area (TPSA) is 73.0 Å². The number of thioether (sulfide) groups is 1. The molecule has 0 spiro atoms. The number of nitrogens with zero attached hydrogens (tertiary/aromatic N) is 3. The summed E-state index contributed by atoms with van der Waals surface area (Å²) in [6.45, 7) is 2.63. The van der Waals surface area contributed by atoms with E-state index < -0.39 is 0 Å². The molecule has 0 aliphatic heterocycles. The number of carbonyl (C=O) groups excluding carboxylic acids is 1. The molecule has 0 radical (unpaired) electrons. The van der Waals surface area contributed by atoms with Crippen molar-refractivity contribution in [1.82, 2.24) is 20.1 Å².